The van der Waals surface area contributed by atoms with Crippen LogP contribution in [0, 0.1) is 13.8 Å². The molecule has 2 rings (SSSR count). The molecule has 0 aliphatic rings. The molecule has 1 aromatic heterocycles. The van der Waals surface area contributed by atoms with Crippen LogP contribution < -0.4 is 4.74 Å². The Kier molecular flexibility index (Phi) is 7.00. The van der Waals surface area contributed by atoms with Gasteiger partial charge in [-0.15, -0.1) is 0 Å². The second kappa shape index (κ2) is 8.99. The van der Waals surface area contributed by atoms with Crippen LogP contribution >= 0.6 is 15.9 Å². The fourth-order valence-corrected chi connectivity index (χ4v) is 2.78. The van der Waals surface area contributed by atoms with Crippen LogP contribution in [0.4, 0.5) is 5.69 Å². The van der Waals surface area contributed by atoms with Crippen molar-refractivity contribution in [2.45, 2.75) is 40.2 Å². The van der Waals surface area contributed by atoms with Gasteiger partial charge >= 0.3 is 0 Å². The first kappa shape index (κ1) is 19.4. The minimum Gasteiger partial charge on any atom is -0.473 e. The molecule has 0 radical (unpaired) electrons. The summed E-state index contributed by atoms with van der Waals surface area (Å²) >= 11 is 3.56. The van der Waals surface area contributed by atoms with E-state index in [4.69, 9.17) is 4.74 Å². The van der Waals surface area contributed by atoms with E-state index in [9.17, 15) is 0 Å². The van der Waals surface area contributed by atoms with Gasteiger partial charge in [0, 0.05) is 20.0 Å². The number of benzene rings is 1. The summed E-state index contributed by atoms with van der Waals surface area (Å²) in [5, 5.41) is 0. The molecule has 1 unspecified atom stereocenters. The third-order valence-corrected chi connectivity index (χ3v) is 4.65. The van der Waals surface area contributed by atoms with Crippen molar-refractivity contribution in [2.24, 2.45) is 4.99 Å². The molecule has 5 heteroatoms. The Morgan fingerprint density at radius 2 is 2.04 bits per heavy atom. The summed E-state index contributed by atoms with van der Waals surface area (Å²) < 4.78 is 6.89. The Labute approximate surface area is 159 Å². The lowest BCUT2D eigenvalue weighted by Crippen LogP contribution is -2.17. The Hall–Kier alpha value is -1.88. The molecular weight excluding hydrogens is 378 g/mol. The lowest BCUT2D eigenvalue weighted by Gasteiger charge is -2.17. The molecule has 0 aliphatic heterocycles. The van der Waals surface area contributed by atoms with Crippen molar-refractivity contribution in [1.29, 1.82) is 0 Å². The molecular formula is C20H26BrN3O. The van der Waals surface area contributed by atoms with E-state index < -0.39 is 0 Å². The molecule has 134 valence electrons. The highest BCUT2D eigenvalue weighted by molar-refractivity contribution is 9.10. The summed E-state index contributed by atoms with van der Waals surface area (Å²) in [6.07, 6.45) is 2.70. The van der Waals surface area contributed by atoms with E-state index >= 15 is 0 Å². The first-order valence-electron chi connectivity index (χ1n) is 8.53. The van der Waals surface area contributed by atoms with Crippen molar-refractivity contribution in [3.05, 3.63) is 51.6 Å². The van der Waals surface area contributed by atoms with Gasteiger partial charge in [-0.1, -0.05) is 24.3 Å². The van der Waals surface area contributed by atoms with Crippen LogP contribution in [-0.4, -0.2) is 35.9 Å². The summed E-state index contributed by atoms with van der Waals surface area (Å²) in [5.74, 6) is 0.612. The Morgan fingerprint density at radius 1 is 1.32 bits per heavy atom. The molecule has 1 atom stereocenters. The van der Waals surface area contributed by atoms with Gasteiger partial charge in [0.25, 0.3) is 0 Å². The summed E-state index contributed by atoms with van der Waals surface area (Å²) in [5.41, 5.74) is 4.27. The third-order valence-electron chi connectivity index (χ3n) is 4.08. The van der Waals surface area contributed by atoms with Crippen LogP contribution in [0.5, 0.6) is 5.88 Å². The van der Waals surface area contributed by atoms with Crippen LogP contribution in [0.2, 0.25) is 0 Å². The molecule has 0 amide bonds. The van der Waals surface area contributed by atoms with Gasteiger partial charge in [-0.05, 0) is 60.8 Å². The van der Waals surface area contributed by atoms with Gasteiger partial charge in [-0.25, -0.2) is 9.98 Å². The van der Waals surface area contributed by atoms with E-state index in [1.54, 1.807) is 0 Å². The van der Waals surface area contributed by atoms with Crippen LogP contribution in [0.3, 0.4) is 0 Å². The quantitative estimate of drug-likeness (QED) is 0.477. The SMILES string of the molecule is CCN(C)C=Nc1cc(Br)c(OC(C)Cc2ccccc2C)nc1C. The maximum Gasteiger partial charge on any atom is 0.228 e. The van der Waals surface area contributed by atoms with Crippen LogP contribution in [0.15, 0.2) is 39.8 Å². The standard InChI is InChI=1S/C20H26BrN3O/c1-6-24(5)13-22-19-12-18(21)20(23-16(19)4)25-15(3)11-17-10-8-7-9-14(17)2/h7-10,12-13,15H,6,11H2,1-5H3. The average Bonchev–Trinajstić information content (AvgIpc) is 2.58. The van der Waals surface area contributed by atoms with Gasteiger partial charge in [0.05, 0.1) is 22.2 Å². The van der Waals surface area contributed by atoms with Crippen LogP contribution in [0.25, 0.3) is 0 Å². The predicted octanol–water partition coefficient (Wildman–Crippen LogP) is 5.08. The van der Waals surface area contributed by atoms with Crippen molar-refractivity contribution in [3.8, 4) is 5.88 Å². The number of ether oxygens (including phenoxy) is 1. The van der Waals surface area contributed by atoms with Crippen LogP contribution in [-0.2, 0) is 6.42 Å². The number of halogens is 1. The van der Waals surface area contributed by atoms with Gasteiger partial charge in [0.1, 0.15) is 6.10 Å². The molecule has 0 spiro atoms. The summed E-state index contributed by atoms with van der Waals surface area (Å²) in [7, 11) is 1.99. The number of aromatic nitrogens is 1. The molecule has 4 nitrogen and oxygen atoms in total. The minimum absolute atomic E-state index is 0.0323. The highest BCUT2D eigenvalue weighted by atomic mass is 79.9. The molecule has 0 bridgehead atoms. The van der Waals surface area contributed by atoms with Crippen molar-refractivity contribution in [3.63, 3.8) is 0 Å². The van der Waals surface area contributed by atoms with Gasteiger partial charge in [0.2, 0.25) is 5.88 Å². The highest BCUT2D eigenvalue weighted by Crippen LogP contribution is 2.30. The van der Waals surface area contributed by atoms with Crippen molar-refractivity contribution >= 4 is 28.0 Å². The fourth-order valence-electron chi connectivity index (χ4n) is 2.39. The number of aryl methyl sites for hydroxylation is 2. The maximum atomic E-state index is 6.07. The molecule has 0 saturated carbocycles. The number of hydrogen-bond donors (Lipinski definition) is 0. The number of nitrogens with zero attached hydrogens (tertiary/aromatic N) is 3. The second-order valence-electron chi connectivity index (χ2n) is 6.26. The van der Waals surface area contributed by atoms with Gasteiger partial charge in [-0.3, -0.25) is 0 Å². The maximum absolute atomic E-state index is 6.07. The normalized spacial score (nSPS) is 12.4. The molecule has 0 fully saturated rings. The average molecular weight is 404 g/mol. The van der Waals surface area contributed by atoms with Crippen molar-refractivity contribution in [2.75, 3.05) is 13.6 Å². The fraction of sp³-hybridized carbons (Fsp3) is 0.400. The van der Waals surface area contributed by atoms with E-state index in [1.165, 1.54) is 11.1 Å². The first-order valence-corrected chi connectivity index (χ1v) is 9.32. The van der Waals surface area contributed by atoms with E-state index in [-0.39, 0.29) is 6.10 Å². The van der Waals surface area contributed by atoms with Crippen molar-refractivity contribution in [1.82, 2.24) is 9.88 Å². The summed E-state index contributed by atoms with van der Waals surface area (Å²) in [6.45, 7) is 9.14. The highest BCUT2D eigenvalue weighted by Gasteiger charge is 2.13. The molecule has 2 aromatic rings. The smallest absolute Gasteiger partial charge is 0.228 e. The van der Waals surface area contributed by atoms with Gasteiger partial charge < -0.3 is 9.64 Å². The van der Waals surface area contributed by atoms with E-state index in [0.29, 0.717) is 5.88 Å². The zero-order chi connectivity index (χ0) is 18.4. The molecule has 25 heavy (non-hydrogen) atoms. The number of rotatable bonds is 7. The summed E-state index contributed by atoms with van der Waals surface area (Å²) in [6, 6.07) is 10.3. The third kappa shape index (κ3) is 5.56. The minimum atomic E-state index is 0.0323. The molecule has 1 aromatic carbocycles. The first-order chi connectivity index (χ1) is 11.9. The van der Waals surface area contributed by atoms with Crippen molar-refractivity contribution < 1.29 is 4.74 Å². The summed E-state index contributed by atoms with van der Waals surface area (Å²) in [4.78, 5) is 11.1. The largest absolute Gasteiger partial charge is 0.473 e. The van der Waals surface area contributed by atoms with Crippen LogP contribution in [0.1, 0.15) is 30.7 Å². The second-order valence-corrected chi connectivity index (χ2v) is 7.11. The number of pyridine rings is 1. The van der Waals surface area contributed by atoms with E-state index in [0.717, 1.165) is 28.8 Å². The van der Waals surface area contributed by atoms with Gasteiger partial charge in [-0.2, -0.15) is 0 Å². The van der Waals surface area contributed by atoms with E-state index in [2.05, 4.69) is 70.9 Å². The molecule has 0 N–H and O–H groups in total. The zero-order valence-electron chi connectivity index (χ0n) is 15.6. The topological polar surface area (TPSA) is 37.7 Å². The van der Waals surface area contributed by atoms with E-state index in [1.807, 2.05) is 31.3 Å². The van der Waals surface area contributed by atoms with Gasteiger partial charge in [0.15, 0.2) is 0 Å². The molecule has 0 aliphatic carbocycles. The lowest BCUT2D eigenvalue weighted by atomic mass is 10.0. The zero-order valence-corrected chi connectivity index (χ0v) is 17.2. The number of aliphatic imine (C=N–C) groups is 1. The Balaban J connectivity index is 2.11. The number of hydrogen-bond acceptors (Lipinski definition) is 3. The monoisotopic (exact) mass is 403 g/mol. The molecule has 1 heterocycles. The predicted molar refractivity (Wildman–Crippen MR) is 108 cm³/mol. The lowest BCUT2D eigenvalue weighted by molar-refractivity contribution is 0.211. The Morgan fingerprint density at radius 3 is 2.72 bits per heavy atom. The molecule has 0 saturated heterocycles. The Bertz CT molecular complexity index is 746.